The number of nitrogens with zero attached hydrogens (tertiary/aromatic N) is 1. The van der Waals surface area contributed by atoms with Gasteiger partial charge in [0.15, 0.2) is 0 Å². The van der Waals surface area contributed by atoms with Gasteiger partial charge < -0.3 is 4.74 Å². The Kier molecular flexibility index (Phi) is 3.74. The first-order chi connectivity index (χ1) is 6.38. The van der Waals surface area contributed by atoms with E-state index in [0.29, 0.717) is 0 Å². The molecular weight excluding hydrogens is 162 g/mol. The summed E-state index contributed by atoms with van der Waals surface area (Å²) in [6.45, 7) is 3.93. The molecule has 1 aromatic heterocycles. The van der Waals surface area contributed by atoms with Gasteiger partial charge in [0.2, 0.25) is 0 Å². The van der Waals surface area contributed by atoms with E-state index in [2.05, 4.69) is 17.5 Å². The number of rotatable bonds is 4. The van der Waals surface area contributed by atoms with Crippen molar-refractivity contribution in [3.63, 3.8) is 0 Å². The van der Waals surface area contributed by atoms with Crippen LogP contribution >= 0.6 is 0 Å². The number of terminal acetylenes is 1. The standard InChI is InChI=1S/C11H11NO/c1-3-9-13-11(4-2)10-7-5-6-8-12-10/h1,4-8,11H,2,9H2/t11-/m0/s1. The quantitative estimate of drug-likeness (QED) is 0.513. The molecule has 0 amide bonds. The van der Waals surface area contributed by atoms with Gasteiger partial charge in [0, 0.05) is 6.20 Å². The van der Waals surface area contributed by atoms with Gasteiger partial charge in [-0.15, -0.1) is 13.0 Å². The number of hydrogen-bond acceptors (Lipinski definition) is 2. The molecule has 0 unspecified atom stereocenters. The minimum absolute atomic E-state index is 0.211. The van der Waals surface area contributed by atoms with Gasteiger partial charge >= 0.3 is 0 Å². The van der Waals surface area contributed by atoms with Gasteiger partial charge in [-0.05, 0) is 12.1 Å². The summed E-state index contributed by atoms with van der Waals surface area (Å²) in [6, 6.07) is 5.63. The van der Waals surface area contributed by atoms with Crippen molar-refractivity contribution in [1.29, 1.82) is 0 Å². The van der Waals surface area contributed by atoms with Crippen LogP contribution in [0.3, 0.4) is 0 Å². The van der Waals surface area contributed by atoms with Crippen LogP contribution in [0.1, 0.15) is 11.8 Å². The van der Waals surface area contributed by atoms with Crippen molar-refractivity contribution in [2.24, 2.45) is 0 Å². The van der Waals surface area contributed by atoms with Gasteiger partial charge in [0.25, 0.3) is 0 Å². The molecule has 0 aromatic carbocycles. The summed E-state index contributed by atoms with van der Waals surface area (Å²) in [5, 5.41) is 0. The van der Waals surface area contributed by atoms with Crippen LogP contribution in [0.5, 0.6) is 0 Å². The number of pyridine rings is 1. The Labute approximate surface area is 78.3 Å². The fourth-order valence-corrected chi connectivity index (χ4v) is 0.956. The first kappa shape index (κ1) is 9.50. The minimum Gasteiger partial charge on any atom is -0.355 e. The molecule has 0 fully saturated rings. The summed E-state index contributed by atoms with van der Waals surface area (Å²) in [5.74, 6) is 2.40. The maximum Gasteiger partial charge on any atom is 0.119 e. The van der Waals surface area contributed by atoms with Crippen molar-refractivity contribution in [3.05, 3.63) is 42.7 Å². The minimum atomic E-state index is -0.211. The molecule has 1 atom stereocenters. The van der Waals surface area contributed by atoms with Crippen molar-refractivity contribution in [1.82, 2.24) is 4.98 Å². The molecule has 0 spiro atoms. The molecule has 0 aliphatic rings. The monoisotopic (exact) mass is 173 g/mol. The van der Waals surface area contributed by atoms with Crippen LogP contribution < -0.4 is 0 Å². The third-order valence-electron chi connectivity index (χ3n) is 1.54. The smallest absolute Gasteiger partial charge is 0.119 e. The maximum absolute atomic E-state index is 5.31. The maximum atomic E-state index is 5.31. The highest BCUT2D eigenvalue weighted by Crippen LogP contribution is 2.14. The highest BCUT2D eigenvalue weighted by molar-refractivity contribution is 5.11. The number of aromatic nitrogens is 1. The second-order valence-electron chi connectivity index (χ2n) is 2.43. The van der Waals surface area contributed by atoms with Crippen LogP contribution in [0.2, 0.25) is 0 Å². The van der Waals surface area contributed by atoms with Gasteiger partial charge in [-0.3, -0.25) is 4.98 Å². The summed E-state index contributed by atoms with van der Waals surface area (Å²) < 4.78 is 5.31. The molecule has 1 rings (SSSR count). The van der Waals surface area contributed by atoms with Crippen molar-refractivity contribution in [2.45, 2.75) is 6.10 Å². The fourth-order valence-electron chi connectivity index (χ4n) is 0.956. The van der Waals surface area contributed by atoms with E-state index in [1.54, 1.807) is 12.3 Å². The molecule has 0 saturated carbocycles. The Morgan fingerprint density at radius 3 is 3.08 bits per heavy atom. The summed E-state index contributed by atoms with van der Waals surface area (Å²) in [4.78, 5) is 4.14. The predicted octanol–water partition coefficient (Wildman–Crippen LogP) is 1.96. The lowest BCUT2D eigenvalue weighted by Gasteiger charge is -2.10. The molecule has 0 radical (unpaired) electrons. The second-order valence-corrected chi connectivity index (χ2v) is 2.43. The Hall–Kier alpha value is -1.59. The number of ether oxygens (including phenoxy) is 1. The molecule has 0 N–H and O–H groups in total. The summed E-state index contributed by atoms with van der Waals surface area (Å²) >= 11 is 0. The van der Waals surface area contributed by atoms with Crippen molar-refractivity contribution in [3.8, 4) is 12.3 Å². The molecule has 1 aromatic rings. The van der Waals surface area contributed by atoms with Crippen LogP contribution in [0.4, 0.5) is 0 Å². The molecule has 13 heavy (non-hydrogen) atoms. The highest BCUT2D eigenvalue weighted by atomic mass is 16.5. The topological polar surface area (TPSA) is 22.1 Å². The molecule has 0 aliphatic heterocycles. The van der Waals surface area contributed by atoms with E-state index < -0.39 is 0 Å². The van der Waals surface area contributed by atoms with Crippen molar-refractivity contribution < 1.29 is 4.74 Å². The Morgan fingerprint density at radius 1 is 1.69 bits per heavy atom. The average molecular weight is 173 g/mol. The molecule has 0 saturated heterocycles. The molecule has 2 heteroatoms. The van der Waals surface area contributed by atoms with Gasteiger partial charge in [-0.2, -0.15) is 0 Å². The van der Waals surface area contributed by atoms with E-state index in [1.165, 1.54) is 0 Å². The summed E-state index contributed by atoms with van der Waals surface area (Å²) in [7, 11) is 0. The lowest BCUT2D eigenvalue weighted by atomic mass is 10.2. The van der Waals surface area contributed by atoms with Crippen LogP contribution in [-0.4, -0.2) is 11.6 Å². The first-order valence-electron chi connectivity index (χ1n) is 3.97. The van der Waals surface area contributed by atoms with Gasteiger partial charge in [0.1, 0.15) is 12.7 Å². The molecule has 1 heterocycles. The summed E-state index contributed by atoms with van der Waals surface area (Å²) in [6.07, 6.45) is 8.26. The van der Waals surface area contributed by atoms with Crippen LogP contribution in [-0.2, 0) is 4.74 Å². The van der Waals surface area contributed by atoms with Crippen LogP contribution in [0, 0.1) is 12.3 Å². The zero-order valence-corrected chi connectivity index (χ0v) is 7.31. The van der Waals surface area contributed by atoms with E-state index >= 15 is 0 Å². The van der Waals surface area contributed by atoms with E-state index in [9.17, 15) is 0 Å². The van der Waals surface area contributed by atoms with E-state index in [1.807, 2.05) is 18.2 Å². The highest BCUT2D eigenvalue weighted by Gasteiger charge is 2.06. The molecule has 0 bridgehead atoms. The molecule has 0 aliphatic carbocycles. The SMILES string of the molecule is C#CCO[C@@H](C=C)c1ccccn1. The van der Waals surface area contributed by atoms with E-state index in [4.69, 9.17) is 11.2 Å². The van der Waals surface area contributed by atoms with Gasteiger partial charge in [0.05, 0.1) is 5.69 Å². The van der Waals surface area contributed by atoms with Gasteiger partial charge in [-0.25, -0.2) is 0 Å². The average Bonchev–Trinajstić information content (AvgIpc) is 2.21. The number of hydrogen-bond donors (Lipinski definition) is 0. The zero-order chi connectivity index (χ0) is 9.52. The molecular formula is C11H11NO. The van der Waals surface area contributed by atoms with E-state index in [-0.39, 0.29) is 12.7 Å². The molecule has 2 nitrogen and oxygen atoms in total. The third kappa shape index (κ3) is 2.73. The van der Waals surface area contributed by atoms with Gasteiger partial charge in [-0.1, -0.05) is 18.1 Å². The van der Waals surface area contributed by atoms with E-state index in [0.717, 1.165) is 5.69 Å². The Bertz CT molecular complexity index is 300. The third-order valence-corrected chi connectivity index (χ3v) is 1.54. The summed E-state index contributed by atoms with van der Waals surface area (Å²) in [5.41, 5.74) is 0.827. The Balaban J connectivity index is 2.68. The lowest BCUT2D eigenvalue weighted by Crippen LogP contribution is -2.03. The van der Waals surface area contributed by atoms with Crippen molar-refractivity contribution >= 4 is 0 Å². The zero-order valence-electron chi connectivity index (χ0n) is 7.31. The molecule has 66 valence electrons. The Morgan fingerprint density at radius 2 is 2.54 bits per heavy atom. The lowest BCUT2D eigenvalue weighted by molar-refractivity contribution is 0.111. The second kappa shape index (κ2) is 5.13. The fraction of sp³-hybridized carbons (Fsp3) is 0.182. The van der Waals surface area contributed by atoms with Crippen molar-refractivity contribution in [2.75, 3.05) is 6.61 Å². The first-order valence-corrected chi connectivity index (χ1v) is 3.97. The largest absolute Gasteiger partial charge is 0.355 e. The van der Waals surface area contributed by atoms with Crippen LogP contribution in [0.15, 0.2) is 37.1 Å². The predicted molar refractivity (Wildman–Crippen MR) is 52.0 cm³/mol. The normalized spacial score (nSPS) is 11.6. The van der Waals surface area contributed by atoms with Crippen LogP contribution in [0.25, 0.3) is 0 Å².